The first-order valence-electron chi connectivity index (χ1n) is 10.7. The third kappa shape index (κ3) is 3.64. The van der Waals surface area contributed by atoms with E-state index in [-0.39, 0.29) is 17.1 Å². The minimum atomic E-state index is -0.962. The van der Waals surface area contributed by atoms with Gasteiger partial charge in [-0.1, -0.05) is 29.8 Å². The number of Topliss-reactive ketones (excluding diaryl/α,β-unsaturated/α-hetero) is 1. The Morgan fingerprint density at radius 1 is 1.06 bits per heavy atom. The molecule has 2 heterocycles. The zero-order valence-corrected chi connectivity index (χ0v) is 19.0. The molecule has 3 aromatic rings. The molecule has 0 radical (unpaired) electrons. The number of anilines is 2. The van der Waals surface area contributed by atoms with E-state index < -0.39 is 17.7 Å². The molecule has 5 rings (SSSR count). The maximum atomic E-state index is 13.3. The first-order chi connectivity index (χ1) is 16.3. The molecule has 0 aromatic heterocycles. The Bertz CT molecular complexity index is 1350. The number of fused-ring (bicyclic) bond motifs is 1. The van der Waals surface area contributed by atoms with E-state index in [0.29, 0.717) is 40.7 Å². The van der Waals surface area contributed by atoms with E-state index in [4.69, 9.17) is 16.3 Å². The molecule has 1 fully saturated rings. The van der Waals surface area contributed by atoms with Gasteiger partial charge in [0.15, 0.2) is 0 Å². The van der Waals surface area contributed by atoms with Crippen LogP contribution in [0.1, 0.15) is 17.2 Å². The minimum absolute atomic E-state index is 0.0262. The fourth-order valence-corrected chi connectivity index (χ4v) is 4.57. The molecule has 7 nitrogen and oxygen atoms in total. The van der Waals surface area contributed by atoms with Crippen molar-refractivity contribution >= 4 is 40.4 Å². The molecule has 2 aliphatic rings. The van der Waals surface area contributed by atoms with E-state index in [1.54, 1.807) is 54.6 Å². The van der Waals surface area contributed by atoms with Crippen LogP contribution in [0.3, 0.4) is 0 Å². The standard InChI is InChI=1S/C26H21ClN2O5/c1-28-10-11-34-21-9-8-16(13-20(21)28)24(31)22-23(15-4-2-7-19(30)12-15)29(26(33)25(22)32)18-6-3-5-17(27)14-18/h2-9,12-14,23,30-31H,10-11H2,1H3/b24-22-. The largest absolute Gasteiger partial charge is 0.508 e. The number of halogens is 1. The highest BCUT2D eigenvalue weighted by molar-refractivity contribution is 6.51. The number of carbonyl (C=O) groups excluding carboxylic acids is 2. The molecule has 1 atom stereocenters. The molecule has 0 bridgehead atoms. The quantitative estimate of drug-likeness (QED) is 0.328. The van der Waals surface area contributed by atoms with Crippen LogP contribution in [0.25, 0.3) is 5.76 Å². The lowest BCUT2D eigenvalue weighted by Gasteiger charge is -2.28. The number of ketones is 1. The number of carbonyl (C=O) groups is 2. The van der Waals surface area contributed by atoms with Crippen LogP contribution in [0, 0.1) is 0 Å². The number of aliphatic hydroxyl groups excluding tert-OH is 1. The summed E-state index contributed by atoms with van der Waals surface area (Å²) >= 11 is 6.16. The van der Waals surface area contributed by atoms with Crippen LogP contribution in [0.15, 0.2) is 72.3 Å². The zero-order valence-electron chi connectivity index (χ0n) is 18.2. The summed E-state index contributed by atoms with van der Waals surface area (Å²) in [6.07, 6.45) is 0. The third-order valence-electron chi connectivity index (χ3n) is 6.04. The fourth-order valence-electron chi connectivity index (χ4n) is 4.39. The Kier molecular flexibility index (Phi) is 5.42. The van der Waals surface area contributed by atoms with Crippen LogP contribution in [0.5, 0.6) is 11.5 Å². The lowest BCUT2D eigenvalue weighted by atomic mass is 9.94. The van der Waals surface area contributed by atoms with Crippen molar-refractivity contribution < 1.29 is 24.5 Å². The van der Waals surface area contributed by atoms with E-state index in [1.807, 2.05) is 11.9 Å². The molecule has 0 spiro atoms. The monoisotopic (exact) mass is 476 g/mol. The molecule has 2 aliphatic heterocycles. The summed E-state index contributed by atoms with van der Waals surface area (Å²) in [6, 6.07) is 17.0. The number of aliphatic hydroxyl groups is 1. The first-order valence-corrected chi connectivity index (χ1v) is 11.1. The van der Waals surface area contributed by atoms with Crippen molar-refractivity contribution in [2.45, 2.75) is 6.04 Å². The predicted molar refractivity (Wildman–Crippen MR) is 130 cm³/mol. The van der Waals surface area contributed by atoms with Crippen molar-refractivity contribution in [2.24, 2.45) is 0 Å². The Hall–Kier alpha value is -3.97. The molecule has 3 aromatic carbocycles. The van der Waals surface area contributed by atoms with Crippen molar-refractivity contribution in [3.8, 4) is 11.5 Å². The van der Waals surface area contributed by atoms with Gasteiger partial charge in [-0.25, -0.2) is 0 Å². The second-order valence-electron chi connectivity index (χ2n) is 8.20. The highest BCUT2D eigenvalue weighted by Gasteiger charge is 2.47. The number of rotatable bonds is 3. The van der Waals surface area contributed by atoms with Crippen LogP contribution in [0.4, 0.5) is 11.4 Å². The summed E-state index contributed by atoms with van der Waals surface area (Å²) in [5.74, 6) is -1.28. The van der Waals surface area contributed by atoms with Gasteiger partial charge in [0.2, 0.25) is 0 Å². The predicted octanol–water partition coefficient (Wildman–Crippen LogP) is 4.50. The van der Waals surface area contributed by atoms with Crippen LogP contribution in [-0.4, -0.2) is 42.1 Å². The molecule has 34 heavy (non-hydrogen) atoms. The van der Waals surface area contributed by atoms with Crippen molar-refractivity contribution in [1.82, 2.24) is 0 Å². The summed E-state index contributed by atoms with van der Waals surface area (Å²) in [5, 5.41) is 21.8. The molecule has 1 unspecified atom stereocenters. The number of aromatic hydroxyl groups is 1. The van der Waals surface area contributed by atoms with Gasteiger partial charge in [-0.2, -0.15) is 0 Å². The smallest absolute Gasteiger partial charge is 0.300 e. The van der Waals surface area contributed by atoms with Crippen molar-refractivity contribution in [3.63, 3.8) is 0 Å². The van der Waals surface area contributed by atoms with Crippen molar-refractivity contribution in [2.75, 3.05) is 30.0 Å². The van der Waals surface area contributed by atoms with E-state index >= 15 is 0 Å². The van der Waals surface area contributed by atoms with Crippen LogP contribution in [0.2, 0.25) is 5.02 Å². The number of amides is 1. The summed E-state index contributed by atoms with van der Waals surface area (Å²) in [5.41, 5.74) is 1.95. The second-order valence-corrected chi connectivity index (χ2v) is 8.63. The van der Waals surface area contributed by atoms with Crippen LogP contribution >= 0.6 is 11.6 Å². The van der Waals surface area contributed by atoms with Crippen molar-refractivity contribution in [1.29, 1.82) is 0 Å². The minimum Gasteiger partial charge on any atom is -0.508 e. The van der Waals surface area contributed by atoms with Gasteiger partial charge in [0.25, 0.3) is 11.7 Å². The first kappa shape index (κ1) is 21.9. The maximum Gasteiger partial charge on any atom is 0.300 e. The number of nitrogens with zero attached hydrogens (tertiary/aromatic N) is 2. The number of likely N-dealkylation sites (N-methyl/N-ethyl adjacent to an activating group) is 1. The SMILES string of the molecule is CN1CCOc2ccc(/C(O)=C3/C(=O)C(=O)N(c4cccc(Cl)c4)C3c3cccc(O)c3)cc21. The zero-order chi connectivity index (χ0) is 24.0. The third-order valence-corrected chi connectivity index (χ3v) is 6.28. The van der Waals surface area contributed by atoms with Crippen LogP contribution < -0.4 is 14.5 Å². The number of phenolic OH excluding ortho intramolecular Hbond substituents is 1. The molecule has 1 saturated heterocycles. The number of hydrogen-bond donors (Lipinski definition) is 2. The van der Waals surface area contributed by atoms with E-state index in [1.165, 1.54) is 17.0 Å². The van der Waals surface area contributed by atoms with Gasteiger partial charge in [0, 0.05) is 23.3 Å². The molecule has 172 valence electrons. The van der Waals surface area contributed by atoms with Gasteiger partial charge in [0.1, 0.15) is 23.9 Å². The number of phenols is 1. The summed E-state index contributed by atoms with van der Waals surface area (Å²) in [6.45, 7) is 1.23. The molecule has 0 aliphatic carbocycles. The van der Waals surface area contributed by atoms with Gasteiger partial charge in [-0.15, -0.1) is 0 Å². The van der Waals surface area contributed by atoms with Gasteiger partial charge < -0.3 is 19.8 Å². The average Bonchev–Trinajstić information content (AvgIpc) is 3.09. The van der Waals surface area contributed by atoms with Crippen LogP contribution in [-0.2, 0) is 9.59 Å². The Morgan fingerprint density at radius 2 is 1.85 bits per heavy atom. The second kappa shape index (κ2) is 8.43. The molecule has 0 saturated carbocycles. The highest BCUT2D eigenvalue weighted by Crippen LogP contribution is 2.44. The fraction of sp³-hybridized carbons (Fsp3) is 0.154. The topological polar surface area (TPSA) is 90.3 Å². The average molecular weight is 477 g/mol. The summed E-state index contributed by atoms with van der Waals surface area (Å²) in [7, 11) is 1.91. The molecular formula is C26H21ClN2O5. The lowest BCUT2D eigenvalue weighted by Crippen LogP contribution is -2.29. The Balaban J connectivity index is 1.71. The Morgan fingerprint density at radius 3 is 2.62 bits per heavy atom. The summed E-state index contributed by atoms with van der Waals surface area (Å²) in [4.78, 5) is 29.8. The molecule has 1 amide bonds. The van der Waals surface area contributed by atoms with Gasteiger partial charge in [-0.05, 0) is 54.1 Å². The maximum absolute atomic E-state index is 13.3. The van der Waals surface area contributed by atoms with Gasteiger partial charge in [-0.3, -0.25) is 14.5 Å². The van der Waals surface area contributed by atoms with E-state index in [2.05, 4.69) is 0 Å². The summed E-state index contributed by atoms with van der Waals surface area (Å²) < 4.78 is 5.67. The highest BCUT2D eigenvalue weighted by atomic mass is 35.5. The Labute approximate surface area is 201 Å². The van der Waals surface area contributed by atoms with E-state index in [0.717, 1.165) is 5.69 Å². The van der Waals surface area contributed by atoms with Crippen molar-refractivity contribution in [3.05, 3.63) is 88.5 Å². The van der Waals surface area contributed by atoms with E-state index in [9.17, 15) is 19.8 Å². The molecular weight excluding hydrogens is 456 g/mol. The van der Waals surface area contributed by atoms with Gasteiger partial charge >= 0.3 is 0 Å². The number of hydrogen-bond acceptors (Lipinski definition) is 6. The number of benzene rings is 3. The lowest BCUT2D eigenvalue weighted by molar-refractivity contribution is -0.132. The molecule has 8 heteroatoms. The normalized spacial score (nSPS) is 19.2. The van der Waals surface area contributed by atoms with Gasteiger partial charge in [0.05, 0.1) is 23.8 Å². The molecule has 2 N–H and O–H groups in total. The number of ether oxygens (including phenoxy) is 1.